The van der Waals surface area contributed by atoms with E-state index in [0.29, 0.717) is 55.7 Å². The van der Waals surface area contributed by atoms with Crippen LogP contribution in [0.1, 0.15) is 5.56 Å². The van der Waals surface area contributed by atoms with Crippen molar-refractivity contribution in [2.75, 3.05) is 46.8 Å². The topological polar surface area (TPSA) is 36.9 Å². The average molecular weight is 368 g/mol. The molecule has 0 N–H and O–H groups in total. The van der Waals surface area contributed by atoms with E-state index in [-0.39, 0.29) is 0 Å². The Balaban J connectivity index is 2.12. The molecule has 0 amide bonds. The summed E-state index contributed by atoms with van der Waals surface area (Å²) in [7, 11) is 1.65. The zero-order valence-electron chi connectivity index (χ0n) is 11.6. The van der Waals surface area contributed by atoms with Gasteiger partial charge in [-0.3, -0.25) is 0 Å². The fourth-order valence-corrected chi connectivity index (χ4v) is 2.18. The highest BCUT2D eigenvalue weighted by Crippen LogP contribution is 2.29. The molecule has 0 radical (unpaired) electrons. The lowest BCUT2D eigenvalue weighted by Gasteiger charge is -2.12. The summed E-state index contributed by atoms with van der Waals surface area (Å²) in [6, 6.07) is 5.69. The quantitative estimate of drug-likeness (QED) is 0.444. The van der Waals surface area contributed by atoms with Gasteiger partial charge in [-0.15, -0.1) is 0 Å². The maximum absolute atomic E-state index is 6.10. The maximum Gasteiger partial charge on any atom is 0.142 e. The van der Waals surface area contributed by atoms with Crippen LogP contribution in [0.25, 0.3) is 0 Å². The van der Waals surface area contributed by atoms with Crippen molar-refractivity contribution in [3.8, 4) is 5.75 Å². The number of hydrogen-bond donors (Lipinski definition) is 0. The lowest BCUT2D eigenvalue weighted by atomic mass is 10.2. The smallest absolute Gasteiger partial charge is 0.142 e. The summed E-state index contributed by atoms with van der Waals surface area (Å²) in [5.41, 5.74) is 1.03. The molecule has 114 valence electrons. The Hall–Kier alpha value is -0.330. The molecular formula is C14H20BrClO4. The minimum absolute atomic E-state index is 0.460. The molecule has 0 aromatic heterocycles. The summed E-state index contributed by atoms with van der Waals surface area (Å²) < 4.78 is 21.2. The molecule has 0 heterocycles. The summed E-state index contributed by atoms with van der Waals surface area (Å²) >= 11 is 9.51. The van der Waals surface area contributed by atoms with Gasteiger partial charge in [0.15, 0.2) is 0 Å². The lowest BCUT2D eigenvalue weighted by molar-refractivity contribution is 0.0179. The number of alkyl halides is 1. The van der Waals surface area contributed by atoms with Crippen molar-refractivity contribution in [2.45, 2.75) is 5.33 Å². The van der Waals surface area contributed by atoms with Crippen LogP contribution in [-0.2, 0) is 19.5 Å². The normalized spacial score (nSPS) is 10.8. The van der Waals surface area contributed by atoms with Crippen LogP contribution in [-0.4, -0.2) is 46.8 Å². The van der Waals surface area contributed by atoms with Crippen molar-refractivity contribution >= 4 is 27.5 Å². The van der Waals surface area contributed by atoms with E-state index in [0.717, 1.165) is 5.56 Å². The first kappa shape index (κ1) is 17.7. The molecule has 1 aromatic carbocycles. The van der Waals surface area contributed by atoms with E-state index in [2.05, 4.69) is 15.9 Å². The largest absolute Gasteiger partial charge is 0.489 e. The van der Waals surface area contributed by atoms with Gasteiger partial charge in [-0.1, -0.05) is 39.7 Å². The third-order valence-electron chi connectivity index (χ3n) is 2.47. The van der Waals surface area contributed by atoms with Gasteiger partial charge in [0.25, 0.3) is 0 Å². The van der Waals surface area contributed by atoms with Crippen LogP contribution in [0.15, 0.2) is 18.2 Å². The summed E-state index contributed by atoms with van der Waals surface area (Å²) in [5.74, 6) is 0.714. The van der Waals surface area contributed by atoms with Crippen LogP contribution in [0.3, 0.4) is 0 Å². The molecule has 4 nitrogen and oxygen atoms in total. The Labute approximate surface area is 133 Å². The maximum atomic E-state index is 6.10. The second-order valence-electron chi connectivity index (χ2n) is 3.93. The molecule has 0 spiro atoms. The van der Waals surface area contributed by atoms with Crippen molar-refractivity contribution < 1.29 is 18.9 Å². The van der Waals surface area contributed by atoms with E-state index in [1.165, 1.54) is 0 Å². The minimum atomic E-state index is 0.460. The molecular weight excluding hydrogens is 348 g/mol. The molecule has 0 unspecified atom stereocenters. The highest BCUT2D eigenvalue weighted by molar-refractivity contribution is 9.08. The molecule has 0 bridgehead atoms. The number of methoxy groups -OCH3 is 1. The second-order valence-corrected chi connectivity index (χ2v) is 4.90. The van der Waals surface area contributed by atoms with Crippen molar-refractivity contribution in [3.05, 3.63) is 28.8 Å². The van der Waals surface area contributed by atoms with Crippen molar-refractivity contribution in [2.24, 2.45) is 0 Å². The summed E-state index contributed by atoms with van der Waals surface area (Å²) in [5, 5.41) is 1.32. The van der Waals surface area contributed by atoms with Crippen LogP contribution in [0.5, 0.6) is 5.75 Å². The minimum Gasteiger partial charge on any atom is -0.489 e. The molecule has 20 heavy (non-hydrogen) atoms. The summed E-state index contributed by atoms with van der Waals surface area (Å²) in [6.07, 6.45) is 0. The van der Waals surface area contributed by atoms with Gasteiger partial charge in [0.1, 0.15) is 12.4 Å². The first-order chi connectivity index (χ1) is 9.79. The SMILES string of the molecule is COCCOCCOCCOc1c(Cl)cccc1CBr. The first-order valence-corrected chi connectivity index (χ1v) is 7.90. The molecule has 0 aliphatic rings. The molecule has 6 heteroatoms. The van der Waals surface area contributed by atoms with E-state index in [4.69, 9.17) is 30.5 Å². The number of ether oxygens (including phenoxy) is 4. The van der Waals surface area contributed by atoms with Gasteiger partial charge >= 0.3 is 0 Å². The fourth-order valence-electron chi connectivity index (χ4n) is 1.49. The molecule has 0 fully saturated rings. The van der Waals surface area contributed by atoms with Gasteiger partial charge in [-0.05, 0) is 6.07 Å². The van der Waals surface area contributed by atoms with Crippen LogP contribution in [0.2, 0.25) is 5.02 Å². The average Bonchev–Trinajstić information content (AvgIpc) is 2.46. The monoisotopic (exact) mass is 366 g/mol. The number of hydrogen-bond acceptors (Lipinski definition) is 4. The highest BCUT2D eigenvalue weighted by atomic mass is 79.9. The molecule has 0 atom stereocenters. The van der Waals surface area contributed by atoms with Crippen LogP contribution >= 0.6 is 27.5 Å². The molecule has 0 saturated heterocycles. The summed E-state index contributed by atoms with van der Waals surface area (Å²) in [4.78, 5) is 0. The van der Waals surface area contributed by atoms with Crippen LogP contribution in [0.4, 0.5) is 0 Å². The van der Waals surface area contributed by atoms with Gasteiger partial charge in [-0.2, -0.15) is 0 Å². The predicted octanol–water partition coefficient (Wildman–Crippen LogP) is 3.29. The predicted molar refractivity (Wildman–Crippen MR) is 83.1 cm³/mol. The van der Waals surface area contributed by atoms with Gasteiger partial charge in [0, 0.05) is 18.0 Å². The number of rotatable bonds is 11. The zero-order chi connectivity index (χ0) is 14.6. The van der Waals surface area contributed by atoms with Crippen LogP contribution < -0.4 is 4.74 Å². The van der Waals surface area contributed by atoms with Gasteiger partial charge in [0.2, 0.25) is 0 Å². The second kappa shape index (κ2) is 11.3. The molecule has 1 aromatic rings. The fraction of sp³-hybridized carbons (Fsp3) is 0.571. The van der Waals surface area contributed by atoms with E-state index in [1.54, 1.807) is 7.11 Å². The van der Waals surface area contributed by atoms with Crippen LogP contribution in [0, 0.1) is 0 Å². The molecule has 0 aliphatic heterocycles. The number of halogens is 2. The Bertz CT molecular complexity index is 376. The number of benzene rings is 1. The Morgan fingerprint density at radius 3 is 2.30 bits per heavy atom. The number of para-hydroxylation sites is 1. The molecule has 0 aliphatic carbocycles. The van der Waals surface area contributed by atoms with Crippen molar-refractivity contribution in [1.29, 1.82) is 0 Å². The molecule has 1 rings (SSSR count). The Morgan fingerprint density at radius 2 is 1.65 bits per heavy atom. The Morgan fingerprint density at radius 1 is 1.00 bits per heavy atom. The third-order valence-corrected chi connectivity index (χ3v) is 3.37. The van der Waals surface area contributed by atoms with Gasteiger partial charge < -0.3 is 18.9 Å². The van der Waals surface area contributed by atoms with E-state index in [1.807, 2.05) is 18.2 Å². The lowest BCUT2D eigenvalue weighted by Crippen LogP contribution is -2.12. The van der Waals surface area contributed by atoms with E-state index in [9.17, 15) is 0 Å². The third kappa shape index (κ3) is 6.90. The van der Waals surface area contributed by atoms with E-state index >= 15 is 0 Å². The van der Waals surface area contributed by atoms with E-state index < -0.39 is 0 Å². The highest BCUT2D eigenvalue weighted by Gasteiger charge is 2.06. The van der Waals surface area contributed by atoms with Crippen molar-refractivity contribution in [1.82, 2.24) is 0 Å². The summed E-state index contributed by atoms with van der Waals surface area (Å²) in [6.45, 7) is 3.25. The first-order valence-electron chi connectivity index (χ1n) is 6.40. The van der Waals surface area contributed by atoms with Gasteiger partial charge in [0.05, 0.1) is 38.1 Å². The van der Waals surface area contributed by atoms with Crippen molar-refractivity contribution in [3.63, 3.8) is 0 Å². The van der Waals surface area contributed by atoms with Gasteiger partial charge in [-0.25, -0.2) is 0 Å². The molecule has 0 saturated carbocycles. The Kier molecular flexibility index (Phi) is 10.1. The zero-order valence-corrected chi connectivity index (χ0v) is 13.9. The standard InChI is InChI=1S/C14H20BrClO4/c1-17-5-6-18-7-8-19-9-10-20-14-12(11-15)3-2-4-13(14)16/h2-4H,5-11H2,1H3.